The number of hydrogen-bond acceptors (Lipinski definition) is 6. The number of Topliss-reactive ketones (excluding diaryl/α,β-unsaturated/α-hetero) is 1. The zero-order valence-corrected chi connectivity index (χ0v) is 19.5. The molecule has 0 radical (unpaired) electrons. The van der Waals surface area contributed by atoms with Crippen LogP contribution in [0.4, 0.5) is 5.82 Å². The highest BCUT2D eigenvalue weighted by molar-refractivity contribution is 7.98. The van der Waals surface area contributed by atoms with Crippen LogP contribution < -0.4 is 20.3 Å². The summed E-state index contributed by atoms with van der Waals surface area (Å²) >= 11 is 1.66. The van der Waals surface area contributed by atoms with Crippen molar-refractivity contribution in [3.8, 4) is 11.5 Å². The Morgan fingerprint density at radius 2 is 1.64 bits per heavy atom. The number of methoxy groups -OCH3 is 2. The Hall–Kier alpha value is -3.39. The van der Waals surface area contributed by atoms with Gasteiger partial charge in [-0.2, -0.15) is 0 Å². The van der Waals surface area contributed by atoms with Gasteiger partial charge < -0.3 is 14.8 Å². The van der Waals surface area contributed by atoms with E-state index in [1.165, 1.54) is 0 Å². The monoisotopic (exact) mass is 463 g/mol. The lowest BCUT2D eigenvalue weighted by molar-refractivity contribution is -0.116. The van der Waals surface area contributed by atoms with Crippen LogP contribution in [0.3, 0.4) is 0 Å². The van der Waals surface area contributed by atoms with Crippen molar-refractivity contribution in [1.29, 1.82) is 0 Å². The molecule has 8 heteroatoms. The number of ether oxygens (including phenoxy) is 2. The summed E-state index contributed by atoms with van der Waals surface area (Å²) in [6.07, 6.45) is 3.05. The molecular weight excluding hydrogens is 438 g/mol. The Bertz CT molecular complexity index is 1310. The molecular formula is C25H25N3O4S. The number of thioether (sulfide) groups is 1. The molecule has 0 bridgehead atoms. The van der Waals surface area contributed by atoms with Gasteiger partial charge in [0.05, 0.1) is 19.8 Å². The first-order chi connectivity index (χ1) is 16.0. The lowest BCUT2D eigenvalue weighted by Crippen LogP contribution is -2.31. The summed E-state index contributed by atoms with van der Waals surface area (Å²) < 4.78 is 10.8. The number of carbonyl (C=O) groups excluding carboxylic acids is 1. The van der Waals surface area contributed by atoms with Gasteiger partial charge in [0.15, 0.2) is 17.3 Å². The fourth-order valence-electron chi connectivity index (χ4n) is 4.89. The number of carbonyl (C=O) groups is 1. The molecule has 5 rings (SSSR count). The van der Waals surface area contributed by atoms with Gasteiger partial charge in [-0.15, -0.1) is 11.8 Å². The van der Waals surface area contributed by atoms with E-state index in [1.54, 1.807) is 26.0 Å². The second kappa shape index (κ2) is 8.51. The van der Waals surface area contributed by atoms with Gasteiger partial charge in [-0.1, -0.05) is 18.2 Å². The maximum absolute atomic E-state index is 13.6. The van der Waals surface area contributed by atoms with E-state index in [0.717, 1.165) is 21.7 Å². The van der Waals surface area contributed by atoms with Gasteiger partial charge in [-0.3, -0.25) is 19.8 Å². The molecule has 1 aliphatic carbocycles. The van der Waals surface area contributed by atoms with Gasteiger partial charge in [0.25, 0.3) is 5.56 Å². The molecule has 1 aromatic heterocycles. The van der Waals surface area contributed by atoms with Crippen LogP contribution in [0.25, 0.3) is 0 Å². The standard InChI is InChI=1S/C25H25N3O4S/c1-31-19-9-6-14(12-20(19)32-2)15-10-17-22(18(29)11-15)21(13-4-7-16(33-3)8-5-13)23-24(26-17)27-28-25(23)30/h4-9,12,15,21H,10-11H2,1-3H3,(H3,26,27,28,30)/t15-,21-/m0/s1. The van der Waals surface area contributed by atoms with Crippen molar-refractivity contribution >= 4 is 23.4 Å². The van der Waals surface area contributed by atoms with Crippen molar-refractivity contribution in [2.24, 2.45) is 0 Å². The van der Waals surface area contributed by atoms with Crippen LogP contribution in [0, 0.1) is 0 Å². The summed E-state index contributed by atoms with van der Waals surface area (Å²) in [5.74, 6) is 1.56. The fraction of sp³-hybridized carbons (Fsp3) is 0.280. The first kappa shape index (κ1) is 21.5. The number of aromatic amines is 2. The van der Waals surface area contributed by atoms with Crippen LogP contribution in [0.5, 0.6) is 11.5 Å². The predicted molar refractivity (Wildman–Crippen MR) is 129 cm³/mol. The predicted octanol–water partition coefficient (Wildman–Crippen LogP) is 4.40. The number of H-pyrrole nitrogens is 2. The van der Waals surface area contributed by atoms with E-state index in [2.05, 4.69) is 15.5 Å². The number of aromatic nitrogens is 2. The number of allylic oxidation sites excluding steroid dienone is 2. The average Bonchev–Trinajstić information content (AvgIpc) is 3.22. The van der Waals surface area contributed by atoms with Crippen LogP contribution >= 0.6 is 11.8 Å². The van der Waals surface area contributed by atoms with E-state index in [0.29, 0.717) is 41.3 Å². The Morgan fingerprint density at radius 1 is 0.909 bits per heavy atom. The van der Waals surface area contributed by atoms with E-state index < -0.39 is 5.92 Å². The summed E-state index contributed by atoms with van der Waals surface area (Å²) in [6, 6.07) is 13.9. The Labute approximate surface area is 195 Å². The number of rotatable bonds is 5. The lowest BCUT2D eigenvalue weighted by Gasteiger charge is -2.34. The zero-order valence-electron chi connectivity index (χ0n) is 18.7. The molecule has 0 saturated carbocycles. The Morgan fingerprint density at radius 3 is 2.33 bits per heavy atom. The first-order valence-corrected chi connectivity index (χ1v) is 12.0. The number of benzene rings is 2. The second-order valence-corrected chi connectivity index (χ2v) is 9.11. The molecule has 0 saturated heterocycles. The number of ketones is 1. The Balaban J connectivity index is 1.57. The van der Waals surface area contributed by atoms with E-state index in [1.807, 2.05) is 48.7 Å². The van der Waals surface area contributed by atoms with E-state index in [-0.39, 0.29) is 17.3 Å². The van der Waals surface area contributed by atoms with Crippen molar-refractivity contribution in [1.82, 2.24) is 10.2 Å². The first-order valence-electron chi connectivity index (χ1n) is 10.7. The quantitative estimate of drug-likeness (QED) is 0.486. The minimum atomic E-state index is -0.402. The summed E-state index contributed by atoms with van der Waals surface area (Å²) in [6.45, 7) is 0. The molecule has 1 aliphatic heterocycles. The SMILES string of the molecule is COc1ccc([C@@H]2CC(=O)C3=C(C2)Nc2[nH][nH]c(=O)c2[C@H]3c2ccc(SC)cc2)cc1OC. The normalized spacial score (nSPS) is 19.5. The highest BCUT2D eigenvalue weighted by Gasteiger charge is 2.40. The van der Waals surface area contributed by atoms with Crippen molar-refractivity contribution in [3.63, 3.8) is 0 Å². The molecule has 7 nitrogen and oxygen atoms in total. The fourth-order valence-corrected chi connectivity index (χ4v) is 5.30. The summed E-state index contributed by atoms with van der Waals surface area (Å²) in [7, 11) is 3.21. The third-order valence-corrected chi connectivity index (χ3v) is 7.25. The number of nitrogens with one attached hydrogen (secondary N) is 3. The third kappa shape index (κ3) is 3.64. The van der Waals surface area contributed by atoms with Crippen molar-refractivity contribution < 1.29 is 14.3 Å². The van der Waals surface area contributed by atoms with Gasteiger partial charge in [-0.25, -0.2) is 0 Å². The van der Waals surface area contributed by atoms with Crippen LogP contribution in [0.1, 0.15) is 41.4 Å². The smallest absolute Gasteiger partial charge is 0.270 e. The minimum Gasteiger partial charge on any atom is -0.493 e. The van der Waals surface area contributed by atoms with E-state index >= 15 is 0 Å². The van der Waals surface area contributed by atoms with Crippen LogP contribution in [-0.2, 0) is 4.79 Å². The maximum atomic E-state index is 13.6. The molecule has 3 N–H and O–H groups in total. The summed E-state index contributed by atoms with van der Waals surface area (Å²) in [5, 5.41) is 8.97. The molecule has 0 unspecified atom stereocenters. The Kier molecular flexibility index (Phi) is 5.54. The molecule has 2 heterocycles. The number of fused-ring (bicyclic) bond motifs is 1. The topological polar surface area (TPSA) is 96.2 Å². The minimum absolute atomic E-state index is 0.00436. The molecule has 0 fully saturated rings. The van der Waals surface area contributed by atoms with Crippen LogP contribution in [0.2, 0.25) is 0 Å². The molecule has 33 heavy (non-hydrogen) atoms. The average molecular weight is 464 g/mol. The molecule has 3 aromatic rings. The lowest BCUT2D eigenvalue weighted by atomic mass is 9.73. The van der Waals surface area contributed by atoms with E-state index in [9.17, 15) is 9.59 Å². The van der Waals surface area contributed by atoms with Crippen molar-refractivity contribution in [2.45, 2.75) is 29.6 Å². The largest absolute Gasteiger partial charge is 0.493 e. The van der Waals surface area contributed by atoms with Crippen molar-refractivity contribution in [3.05, 3.63) is 80.8 Å². The molecule has 2 atom stereocenters. The summed E-state index contributed by atoms with van der Waals surface area (Å²) in [4.78, 5) is 27.4. The third-order valence-electron chi connectivity index (χ3n) is 6.50. The van der Waals surface area contributed by atoms with Crippen LogP contribution in [0.15, 0.2) is 63.4 Å². The molecule has 0 amide bonds. The van der Waals surface area contributed by atoms with Crippen molar-refractivity contribution in [2.75, 3.05) is 25.8 Å². The van der Waals surface area contributed by atoms with Gasteiger partial charge >= 0.3 is 0 Å². The second-order valence-electron chi connectivity index (χ2n) is 8.23. The van der Waals surface area contributed by atoms with E-state index in [4.69, 9.17) is 9.47 Å². The molecule has 0 spiro atoms. The maximum Gasteiger partial charge on any atom is 0.270 e. The molecule has 2 aromatic carbocycles. The van der Waals surface area contributed by atoms with Crippen LogP contribution in [-0.4, -0.2) is 36.5 Å². The highest BCUT2D eigenvalue weighted by Crippen LogP contribution is 2.47. The number of hydrogen-bond donors (Lipinski definition) is 3. The van der Waals surface area contributed by atoms with Gasteiger partial charge in [0, 0.05) is 28.5 Å². The summed E-state index contributed by atoms with van der Waals surface area (Å²) in [5.41, 5.74) is 3.84. The number of anilines is 1. The molecule has 170 valence electrons. The van der Waals surface area contributed by atoms with Gasteiger partial charge in [0.2, 0.25) is 0 Å². The highest BCUT2D eigenvalue weighted by atomic mass is 32.2. The van der Waals surface area contributed by atoms with Gasteiger partial charge in [0.1, 0.15) is 5.82 Å². The van der Waals surface area contributed by atoms with Gasteiger partial charge in [-0.05, 0) is 54.0 Å². The zero-order chi connectivity index (χ0) is 23.1. The molecule has 2 aliphatic rings.